The SMILES string of the molecule is CC(Cc1ccccc1N)S(C)(=O)=O. The fourth-order valence-electron chi connectivity index (χ4n) is 1.18. The monoisotopic (exact) mass is 213 g/mol. The molecule has 0 aromatic heterocycles. The molecule has 0 saturated carbocycles. The van der Waals surface area contributed by atoms with Gasteiger partial charge in [-0.2, -0.15) is 0 Å². The first-order chi connectivity index (χ1) is 6.41. The van der Waals surface area contributed by atoms with E-state index in [1.54, 1.807) is 13.0 Å². The van der Waals surface area contributed by atoms with Crippen LogP contribution in [0, 0.1) is 0 Å². The van der Waals surface area contributed by atoms with E-state index in [-0.39, 0.29) is 5.25 Å². The van der Waals surface area contributed by atoms with Gasteiger partial charge in [-0.15, -0.1) is 0 Å². The lowest BCUT2D eigenvalue weighted by molar-refractivity contribution is 0.589. The Hall–Kier alpha value is -1.03. The summed E-state index contributed by atoms with van der Waals surface area (Å²) in [4.78, 5) is 0. The molecule has 0 bridgehead atoms. The van der Waals surface area contributed by atoms with E-state index >= 15 is 0 Å². The van der Waals surface area contributed by atoms with E-state index < -0.39 is 9.84 Å². The first-order valence-electron chi connectivity index (χ1n) is 4.43. The normalized spacial score (nSPS) is 13.9. The molecule has 0 aliphatic carbocycles. The van der Waals surface area contributed by atoms with Crippen LogP contribution in [0.4, 0.5) is 5.69 Å². The Kier molecular flexibility index (Phi) is 3.16. The van der Waals surface area contributed by atoms with Gasteiger partial charge in [0, 0.05) is 11.9 Å². The maximum absolute atomic E-state index is 11.2. The second-order valence-corrected chi connectivity index (χ2v) is 6.01. The zero-order valence-corrected chi connectivity index (χ0v) is 9.21. The molecule has 1 atom stereocenters. The van der Waals surface area contributed by atoms with Crippen LogP contribution in [0.3, 0.4) is 0 Å². The highest BCUT2D eigenvalue weighted by Crippen LogP contribution is 2.15. The Balaban J connectivity index is 2.85. The second kappa shape index (κ2) is 4.00. The van der Waals surface area contributed by atoms with Crippen LogP contribution in [0.25, 0.3) is 0 Å². The van der Waals surface area contributed by atoms with Crippen molar-refractivity contribution in [3.8, 4) is 0 Å². The molecule has 0 heterocycles. The maximum atomic E-state index is 11.2. The van der Waals surface area contributed by atoms with Gasteiger partial charge < -0.3 is 5.73 Å². The molecule has 0 spiro atoms. The third-order valence-corrected chi connectivity index (χ3v) is 3.92. The fraction of sp³-hybridized carbons (Fsp3) is 0.400. The number of nitrogens with two attached hydrogens (primary N) is 1. The minimum atomic E-state index is -2.97. The number of anilines is 1. The van der Waals surface area contributed by atoms with E-state index in [4.69, 9.17) is 5.73 Å². The summed E-state index contributed by atoms with van der Waals surface area (Å²) in [6.45, 7) is 1.70. The van der Waals surface area contributed by atoms with Crippen LogP contribution in [0.1, 0.15) is 12.5 Å². The second-order valence-electron chi connectivity index (χ2n) is 3.54. The molecule has 1 unspecified atom stereocenters. The lowest BCUT2D eigenvalue weighted by atomic mass is 10.1. The quantitative estimate of drug-likeness (QED) is 0.769. The summed E-state index contributed by atoms with van der Waals surface area (Å²) in [5.41, 5.74) is 7.27. The van der Waals surface area contributed by atoms with Gasteiger partial charge in [0.2, 0.25) is 0 Å². The molecule has 0 amide bonds. The first-order valence-corrected chi connectivity index (χ1v) is 6.39. The van der Waals surface area contributed by atoms with E-state index in [1.807, 2.05) is 18.2 Å². The average molecular weight is 213 g/mol. The highest BCUT2D eigenvalue weighted by atomic mass is 32.2. The first kappa shape index (κ1) is 11.0. The Morgan fingerprint density at radius 2 is 1.93 bits per heavy atom. The highest BCUT2D eigenvalue weighted by Gasteiger charge is 2.15. The number of rotatable bonds is 3. The molecule has 0 radical (unpaired) electrons. The molecule has 0 fully saturated rings. The minimum absolute atomic E-state index is 0.382. The van der Waals surface area contributed by atoms with Crippen molar-refractivity contribution in [2.24, 2.45) is 0 Å². The molecule has 0 saturated heterocycles. The van der Waals surface area contributed by atoms with Crippen molar-refractivity contribution < 1.29 is 8.42 Å². The van der Waals surface area contributed by atoms with E-state index in [2.05, 4.69) is 0 Å². The number of nitrogen functional groups attached to an aromatic ring is 1. The smallest absolute Gasteiger partial charge is 0.150 e. The van der Waals surface area contributed by atoms with Gasteiger partial charge >= 0.3 is 0 Å². The topological polar surface area (TPSA) is 60.2 Å². The third-order valence-electron chi connectivity index (χ3n) is 2.29. The zero-order chi connectivity index (χ0) is 10.8. The standard InChI is InChI=1S/C10H15NO2S/c1-8(14(2,12)13)7-9-5-3-4-6-10(9)11/h3-6,8H,7,11H2,1-2H3. The molecule has 14 heavy (non-hydrogen) atoms. The van der Waals surface area contributed by atoms with Gasteiger partial charge in [-0.25, -0.2) is 8.42 Å². The summed E-state index contributed by atoms with van der Waals surface area (Å²) in [7, 11) is -2.97. The van der Waals surface area contributed by atoms with Crippen molar-refractivity contribution in [1.29, 1.82) is 0 Å². The Morgan fingerprint density at radius 1 is 1.36 bits per heavy atom. The van der Waals surface area contributed by atoms with E-state index in [9.17, 15) is 8.42 Å². The van der Waals surface area contributed by atoms with Crippen LogP contribution in [0.5, 0.6) is 0 Å². The van der Waals surface area contributed by atoms with Crippen LogP contribution in [0.2, 0.25) is 0 Å². The predicted molar refractivity (Wildman–Crippen MR) is 58.9 cm³/mol. The van der Waals surface area contributed by atoms with E-state index in [1.165, 1.54) is 6.26 Å². The number of sulfone groups is 1. The van der Waals surface area contributed by atoms with Crippen LogP contribution in [-0.2, 0) is 16.3 Å². The average Bonchev–Trinajstić information content (AvgIpc) is 2.07. The molecule has 78 valence electrons. The summed E-state index contributed by atoms with van der Waals surface area (Å²) >= 11 is 0. The lowest BCUT2D eigenvalue weighted by Gasteiger charge is -2.10. The van der Waals surface area contributed by atoms with Gasteiger partial charge in [-0.3, -0.25) is 0 Å². The molecular weight excluding hydrogens is 198 g/mol. The number of benzene rings is 1. The highest BCUT2D eigenvalue weighted by molar-refractivity contribution is 7.91. The fourth-order valence-corrected chi connectivity index (χ4v) is 1.66. The number of hydrogen-bond acceptors (Lipinski definition) is 3. The van der Waals surface area contributed by atoms with Crippen molar-refractivity contribution in [3.63, 3.8) is 0 Å². The van der Waals surface area contributed by atoms with Gasteiger partial charge in [0.25, 0.3) is 0 Å². The van der Waals surface area contributed by atoms with E-state index in [0.717, 1.165) is 5.56 Å². The van der Waals surface area contributed by atoms with Crippen molar-refractivity contribution in [2.45, 2.75) is 18.6 Å². The summed E-state index contributed by atoms with van der Waals surface area (Å²) in [6.07, 6.45) is 1.72. The summed E-state index contributed by atoms with van der Waals surface area (Å²) in [5, 5.41) is -0.382. The third kappa shape index (κ3) is 2.73. The summed E-state index contributed by atoms with van der Waals surface area (Å²) in [6, 6.07) is 7.34. The summed E-state index contributed by atoms with van der Waals surface area (Å²) < 4.78 is 22.4. The molecule has 0 aliphatic heterocycles. The van der Waals surface area contributed by atoms with Gasteiger partial charge in [-0.1, -0.05) is 18.2 Å². The van der Waals surface area contributed by atoms with Crippen LogP contribution in [-0.4, -0.2) is 19.9 Å². The van der Waals surface area contributed by atoms with Crippen molar-refractivity contribution >= 4 is 15.5 Å². The van der Waals surface area contributed by atoms with E-state index in [0.29, 0.717) is 12.1 Å². The van der Waals surface area contributed by atoms with Crippen LogP contribution < -0.4 is 5.73 Å². The molecule has 1 aromatic carbocycles. The summed E-state index contributed by atoms with van der Waals surface area (Å²) in [5.74, 6) is 0. The van der Waals surface area contributed by atoms with Crippen molar-refractivity contribution in [1.82, 2.24) is 0 Å². The number of para-hydroxylation sites is 1. The molecular formula is C10H15NO2S. The predicted octanol–water partition coefficient (Wildman–Crippen LogP) is 1.24. The van der Waals surface area contributed by atoms with Gasteiger partial charge in [0.1, 0.15) is 9.84 Å². The Labute approximate surface area is 84.9 Å². The van der Waals surface area contributed by atoms with Gasteiger partial charge in [-0.05, 0) is 25.0 Å². The molecule has 1 aromatic rings. The lowest BCUT2D eigenvalue weighted by Crippen LogP contribution is -2.19. The molecule has 0 aliphatic rings. The van der Waals surface area contributed by atoms with Crippen LogP contribution in [0.15, 0.2) is 24.3 Å². The zero-order valence-electron chi connectivity index (χ0n) is 8.40. The minimum Gasteiger partial charge on any atom is -0.399 e. The molecule has 3 nitrogen and oxygen atoms in total. The molecule has 4 heteroatoms. The Morgan fingerprint density at radius 3 is 2.43 bits per heavy atom. The van der Waals surface area contributed by atoms with Crippen molar-refractivity contribution in [3.05, 3.63) is 29.8 Å². The molecule has 1 rings (SSSR count). The van der Waals surface area contributed by atoms with Gasteiger partial charge in [0.05, 0.1) is 5.25 Å². The Bertz CT molecular complexity index is 412. The largest absolute Gasteiger partial charge is 0.399 e. The molecule has 2 N–H and O–H groups in total. The van der Waals surface area contributed by atoms with Crippen molar-refractivity contribution in [2.75, 3.05) is 12.0 Å². The maximum Gasteiger partial charge on any atom is 0.150 e. The van der Waals surface area contributed by atoms with Gasteiger partial charge in [0.15, 0.2) is 0 Å². The van der Waals surface area contributed by atoms with Crippen LogP contribution >= 0.6 is 0 Å². The number of hydrogen-bond donors (Lipinski definition) is 1.